The summed E-state index contributed by atoms with van der Waals surface area (Å²) in [6, 6.07) is 0. The lowest BCUT2D eigenvalue weighted by Gasteiger charge is -1.99. The summed E-state index contributed by atoms with van der Waals surface area (Å²) in [4.78, 5) is 10.3. The fourth-order valence-corrected chi connectivity index (χ4v) is 0.324. The zero-order valence-electron chi connectivity index (χ0n) is 4.93. The zero-order chi connectivity index (χ0) is 7.11. The van der Waals surface area contributed by atoms with E-state index in [0.717, 1.165) is 0 Å². The van der Waals surface area contributed by atoms with Gasteiger partial charge < -0.3 is 9.47 Å². The molecule has 0 spiro atoms. The van der Waals surface area contributed by atoms with Crippen LogP contribution in [0.25, 0.3) is 0 Å². The SMILES string of the molecule is [CH2]COC(=O)OCCCl. The van der Waals surface area contributed by atoms with Crippen LogP contribution in [-0.2, 0) is 9.47 Å². The Hall–Kier alpha value is -0.440. The lowest BCUT2D eigenvalue weighted by Crippen LogP contribution is -2.08. The molecule has 0 bridgehead atoms. The van der Waals surface area contributed by atoms with Crippen LogP contribution in [0, 0.1) is 6.92 Å². The van der Waals surface area contributed by atoms with Gasteiger partial charge >= 0.3 is 6.16 Å². The van der Waals surface area contributed by atoms with Gasteiger partial charge in [0.2, 0.25) is 0 Å². The third kappa shape index (κ3) is 5.43. The highest BCUT2D eigenvalue weighted by molar-refractivity contribution is 6.18. The van der Waals surface area contributed by atoms with E-state index in [9.17, 15) is 4.79 Å². The molecule has 0 saturated heterocycles. The number of ether oxygens (including phenoxy) is 2. The molecule has 0 amide bonds. The minimum absolute atomic E-state index is 0.0844. The van der Waals surface area contributed by atoms with Gasteiger partial charge in [-0.25, -0.2) is 4.79 Å². The summed E-state index contributed by atoms with van der Waals surface area (Å²) >= 11 is 5.20. The third-order valence-electron chi connectivity index (χ3n) is 0.517. The molecule has 4 heteroatoms. The molecule has 0 rings (SSSR count). The second-order valence-corrected chi connectivity index (χ2v) is 1.51. The van der Waals surface area contributed by atoms with E-state index in [1.165, 1.54) is 0 Å². The molecular weight excluding hydrogens is 144 g/mol. The van der Waals surface area contributed by atoms with Crippen molar-refractivity contribution in [2.45, 2.75) is 0 Å². The van der Waals surface area contributed by atoms with Gasteiger partial charge in [0.1, 0.15) is 6.61 Å². The van der Waals surface area contributed by atoms with Crippen LogP contribution in [0.4, 0.5) is 4.79 Å². The van der Waals surface area contributed by atoms with Crippen LogP contribution in [-0.4, -0.2) is 25.2 Å². The minimum atomic E-state index is -0.717. The Balaban J connectivity index is 3.06. The summed E-state index contributed by atoms with van der Waals surface area (Å²) < 4.78 is 8.71. The molecule has 0 aliphatic rings. The van der Waals surface area contributed by atoms with Crippen molar-refractivity contribution < 1.29 is 14.3 Å². The Morgan fingerprint density at radius 2 is 2.22 bits per heavy atom. The summed E-state index contributed by atoms with van der Waals surface area (Å²) in [6.45, 7) is 3.54. The molecule has 0 aromatic rings. The van der Waals surface area contributed by atoms with E-state index >= 15 is 0 Å². The highest BCUT2D eigenvalue weighted by Crippen LogP contribution is 1.84. The maximum atomic E-state index is 10.3. The van der Waals surface area contributed by atoms with Crippen molar-refractivity contribution in [2.24, 2.45) is 0 Å². The number of hydrogen-bond donors (Lipinski definition) is 0. The van der Waals surface area contributed by atoms with Crippen LogP contribution in [0.15, 0.2) is 0 Å². The summed E-state index contributed by atoms with van der Waals surface area (Å²) in [6.07, 6.45) is -0.717. The average Bonchev–Trinajstić information content (AvgIpc) is 1.85. The second kappa shape index (κ2) is 5.69. The van der Waals surface area contributed by atoms with Crippen molar-refractivity contribution in [2.75, 3.05) is 19.1 Å². The van der Waals surface area contributed by atoms with Crippen LogP contribution in [0.5, 0.6) is 0 Å². The van der Waals surface area contributed by atoms with E-state index in [1.807, 2.05) is 0 Å². The molecule has 0 atom stereocenters. The first kappa shape index (κ1) is 8.56. The lowest BCUT2D eigenvalue weighted by atomic mass is 10.8. The van der Waals surface area contributed by atoms with E-state index in [4.69, 9.17) is 11.6 Å². The second-order valence-electron chi connectivity index (χ2n) is 1.14. The smallest absolute Gasteiger partial charge is 0.434 e. The minimum Gasteiger partial charge on any atom is -0.434 e. The Labute approximate surface area is 58.9 Å². The number of carbonyl (C=O) groups excluding carboxylic acids is 1. The summed E-state index contributed by atoms with van der Waals surface area (Å²) in [7, 11) is 0. The molecule has 9 heavy (non-hydrogen) atoms. The van der Waals surface area contributed by atoms with E-state index in [2.05, 4.69) is 16.4 Å². The highest BCUT2D eigenvalue weighted by Gasteiger charge is 1.98. The van der Waals surface area contributed by atoms with Gasteiger partial charge in [0, 0.05) is 0 Å². The van der Waals surface area contributed by atoms with Crippen molar-refractivity contribution in [3.05, 3.63) is 6.92 Å². The number of carbonyl (C=O) groups is 1. The summed E-state index contributed by atoms with van der Waals surface area (Å²) in [5, 5.41) is 0. The molecule has 0 heterocycles. The van der Waals surface area contributed by atoms with Gasteiger partial charge in [-0.3, -0.25) is 0 Å². The molecule has 1 radical (unpaired) electrons. The van der Waals surface area contributed by atoms with Crippen LogP contribution in [0.2, 0.25) is 0 Å². The average molecular weight is 152 g/mol. The molecule has 0 aromatic carbocycles. The van der Waals surface area contributed by atoms with Crippen LogP contribution in [0.1, 0.15) is 0 Å². The fraction of sp³-hybridized carbons (Fsp3) is 0.600. The van der Waals surface area contributed by atoms with E-state index in [-0.39, 0.29) is 19.1 Å². The topological polar surface area (TPSA) is 35.5 Å². The quantitative estimate of drug-likeness (QED) is 0.449. The van der Waals surface area contributed by atoms with Crippen LogP contribution < -0.4 is 0 Å². The van der Waals surface area contributed by atoms with Gasteiger partial charge in [-0.2, -0.15) is 0 Å². The van der Waals surface area contributed by atoms with E-state index in [0.29, 0.717) is 0 Å². The molecule has 0 saturated carbocycles. The molecule has 0 N–H and O–H groups in total. The van der Waals surface area contributed by atoms with Crippen LogP contribution in [0.3, 0.4) is 0 Å². The Morgan fingerprint density at radius 3 is 2.67 bits per heavy atom. The van der Waals surface area contributed by atoms with Crippen molar-refractivity contribution in [1.29, 1.82) is 0 Å². The standard InChI is InChI=1S/C5H8ClO3/c1-2-8-5(7)9-4-3-6/h1-4H2. The molecule has 0 fully saturated rings. The van der Waals surface area contributed by atoms with Gasteiger partial charge in [0.25, 0.3) is 0 Å². The molecule has 0 aliphatic carbocycles. The maximum Gasteiger partial charge on any atom is 0.508 e. The fourth-order valence-electron chi connectivity index (χ4n) is 0.247. The predicted molar refractivity (Wildman–Crippen MR) is 33.4 cm³/mol. The summed E-state index contributed by atoms with van der Waals surface area (Å²) in [5.74, 6) is 0.284. The lowest BCUT2D eigenvalue weighted by molar-refractivity contribution is 0.0675. The van der Waals surface area contributed by atoms with Gasteiger partial charge in [0.05, 0.1) is 12.5 Å². The summed E-state index contributed by atoms with van der Waals surface area (Å²) in [5.41, 5.74) is 0. The van der Waals surface area contributed by atoms with Crippen molar-refractivity contribution in [3.63, 3.8) is 0 Å². The third-order valence-corrected chi connectivity index (χ3v) is 0.671. The first-order chi connectivity index (χ1) is 4.31. The van der Waals surface area contributed by atoms with Gasteiger partial charge in [-0.05, 0) is 6.92 Å². The maximum absolute atomic E-state index is 10.3. The Morgan fingerprint density at radius 1 is 1.56 bits per heavy atom. The molecule has 0 aromatic heterocycles. The van der Waals surface area contributed by atoms with E-state index < -0.39 is 6.16 Å². The van der Waals surface area contributed by atoms with Gasteiger partial charge in [-0.1, -0.05) is 0 Å². The van der Waals surface area contributed by atoms with Crippen molar-refractivity contribution >= 4 is 17.8 Å². The normalized spacial score (nSPS) is 8.67. The molecule has 0 aliphatic heterocycles. The predicted octanol–water partition coefficient (Wildman–Crippen LogP) is 1.21. The Bertz CT molecular complexity index is 84.3. The largest absolute Gasteiger partial charge is 0.508 e. The number of halogens is 1. The van der Waals surface area contributed by atoms with Crippen molar-refractivity contribution in [3.8, 4) is 0 Å². The highest BCUT2D eigenvalue weighted by atomic mass is 35.5. The number of hydrogen-bond acceptors (Lipinski definition) is 3. The number of rotatable bonds is 3. The molecule has 0 unspecified atom stereocenters. The molecule has 3 nitrogen and oxygen atoms in total. The molecular formula is C5H8ClO3. The Kier molecular flexibility index (Phi) is 5.41. The van der Waals surface area contributed by atoms with E-state index in [1.54, 1.807) is 0 Å². The van der Waals surface area contributed by atoms with Gasteiger partial charge in [0.15, 0.2) is 0 Å². The zero-order valence-corrected chi connectivity index (χ0v) is 5.69. The first-order valence-electron chi connectivity index (χ1n) is 2.46. The first-order valence-corrected chi connectivity index (χ1v) is 2.99. The van der Waals surface area contributed by atoms with Gasteiger partial charge in [-0.15, -0.1) is 11.6 Å². The monoisotopic (exact) mass is 151 g/mol. The molecule has 53 valence electrons. The van der Waals surface area contributed by atoms with Crippen molar-refractivity contribution in [1.82, 2.24) is 0 Å². The van der Waals surface area contributed by atoms with Crippen LogP contribution >= 0.6 is 11.6 Å². The number of alkyl halides is 1.